The Balaban J connectivity index is 1.55. The minimum Gasteiger partial charge on any atom is -0.453 e. The molecule has 0 aromatic heterocycles. The molecule has 1 aliphatic heterocycles. The topological polar surface area (TPSA) is 55.8 Å². The first-order chi connectivity index (χ1) is 18.1. The lowest BCUT2D eigenvalue weighted by Crippen LogP contribution is -2.55. The third-order valence-corrected chi connectivity index (χ3v) is 7.18. The van der Waals surface area contributed by atoms with Crippen LogP contribution in [0.25, 0.3) is 0 Å². The van der Waals surface area contributed by atoms with Gasteiger partial charge in [-0.3, -0.25) is 4.90 Å². The van der Waals surface area contributed by atoms with E-state index in [0.29, 0.717) is 6.42 Å². The molecule has 1 fully saturated rings. The van der Waals surface area contributed by atoms with Crippen molar-refractivity contribution in [1.29, 1.82) is 0 Å². The number of hydrogen-bond acceptors (Lipinski definition) is 4. The van der Waals surface area contributed by atoms with Crippen LogP contribution in [-0.4, -0.2) is 23.0 Å². The summed E-state index contributed by atoms with van der Waals surface area (Å²) in [6.45, 7) is 0.110. The number of benzene rings is 4. The van der Waals surface area contributed by atoms with Gasteiger partial charge in [0.25, 0.3) is 0 Å². The van der Waals surface area contributed by atoms with Crippen LogP contribution in [0.4, 0.5) is 4.79 Å². The lowest BCUT2D eigenvalue weighted by Gasteiger charge is -2.44. The van der Waals surface area contributed by atoms with Crippen molar-refractivity contribution in [3.63, 3.8) is 0 Å². The first-order valence-electron chi connectivity index (χ1n) is 12.1. The molecule has 5 nitrogen and oxygen atoms in total. The number of hydrogen-bond donors (Lipinski definition) is 0. The smallest absolute Gasteiger partial charge is 0.411 e. The highest BCUT2D eigenvalue weighted by Gasteiger charge is 2.48. The minimum atomic E-state index is -0.839. The van der Waals surface area contributed by atoms with Crippen LogP contribution in [0.3, 0.4) is 0 Å². The molecule has 0 radical (unpaired) electrons. The minimum absolute atomic E-state index is 0.110. The van der Waals surface area contributed by atoms with E-state index in [1.165, 1.54) is 0 Å². The van der Waals surface area contributed by atoms with Crippen LogP contribution in [0.15, 0.2) is 115 Å². The van der Waals surface area contributed by atoms with Crippen LogP contribution in [0, 0.1) is 3.57 Å². The molecule has 5 rings (SSSR count). The fourth-order valence-electron chi connectivity index (χ4n) is 4.66. The van der Waals surface area contributed by atoms with E-state index in [9.17, 15) is 9.59 Å². The Bertz CT molecular complexity index is 1330. The molecular formula is C31H26INO4. The van der Waals surface area contributed by atoms with Gasteiger partial charge in [-0.05, 0) is 57.0 Å². The second-order valence-corrected chi connectivity index (χ2v) is 10.2. The van der Waals surface area contributed by atoms with Crippen LogP contribution >= 0.6 is 22.6 Å². The largest absolute Gasteiger partial charge is 0.453 e. The predicted molar refractivity (Wildman–Crippen MR) is 150 cm³/mol. The molecule has 0 spiro atoms. The Labute approximate surface area is 230 Å². The van der Waals surface area contributed by atoms with Crippen molar-refractivity contribution in [2.45, 2.75) is 31.2 Å². The Kier molecular flexibility index (Phi) is 7.84. The van der Waals surface area contributed by atoms with Crippen molar-refractivity contribution in [2.24, 2.45) is 0 Å². The van der Waals surface area contributed by atoms with E-state index in [1.807, 2.05) is 115 Å². The number of carbonyl (C=O) groups excluding carboxylic acids is 2. The normalized spacial score (nSPS) is 19.2. The second-order valence-electron chi connectivity index (χ2n) is 8.92. The van der Waals surface area contributed by atoms with Crippen molar-refractivity contribution >= 4 is 34.7 Å². The molecule has 1 aliphatic rings. The lowest BCUT2D eigenvalue weighted by molar-refractivity contribution is -0.173. The highest BCUT2D eigenvalue weighted by atomic mass is 127. The number of esters is 1. The van der Waals surface area contributed by atoms with Gasteiger partial charge in [-0.15, -0.1) is 0 Å². The number of rotatable bonds is 6. The number of nitrogens with zero attached hydrogens (tertiary/aromatic N) is 1. The molecule has 186 valence electrons. The average molecular weight is 603 g/mol. The summed E-state index contributed by atoms with van der Waals surface area (Å²) < 4.78 is 13.0. The summed E-state index contributed by atoms with van der Waals surface area (Å²) in [6, 6.07) is 35.3. The average Bonchev–Trinajstić information content (AvgIpc) is 2.95. The Morgan fingerprint density at radius 3 is 1.95 bits per heavy atom. The summed E-state index contributed by atoms with van der Waals surface area (Å²) in [4.78, 5) is 29.0. The molecule has 1 unspecified atom stereocenters. The molecule has 4 aromatic carbocycles. The highest BCUT2D eigenvalue weighted by Crippen LogP contribution is 2.43. The van der Waals surface area contributed by atoms with Crippen LogP contribution in [0.2, 0.25) is 0 Å². The molecule has 1 amide bonds. The molecule has 0 saturated carbocycles. The number of amides is 1. The van der Waals surface area contributed by atoms with E-state index in [0.717, 1.165) is 25.8 Å². The van der Waals surface area contributed by atoms with Crippen molar-refractivity contribution in [2.75, 3.05) is 0 Å². The van der Waals surface area contributed by atoms with Crippen molar-refractivity contribution < 1.29 is 19.1 Å². The van der Waals surface area contributed by atoms with Gasteiger partial charge < -0.3 is 9.47 Å². The Hall–Kier alpha value is -3.65. The molecule has 0 N–H and O–H groups in total. The zero-order valence-electron chi connectivity index (χ0n) is 20.1. The molecule has 4 aromatic rings. The van der Waals surface area contributed by atoms with Gasteiger partial charge in [-0.1, -0.05) is 103 Å². The fourth-order valence-corrected chi connectivity index (χ4v) is 5.02. The highest BCUT2D eigenvalue weighted by molar-refractivity contribution is 14.1. The summed E-state index contributed by atoms with van der Waals surface area (Å²) in [5.74, 6) is -0.448. The van der Waals surface area contributed by atoms with E-state index in [-0.39, 0.29) is 6.61 Å². The number of cyclic esters (lactones) is 1. The van der Waals surface area contributed by atoms with Gasteiger partial charge in [-0.2, -0.15) is 0 Å². The fraction of sp³-hybridized carbons (Fsp3) is 0.161. The van der Waals surface area contributed by atoms with Gasteiger partial charge in [0.15, 0.2) is 6.10 Å². The SMILES string of the molecule is O=C1O[C@H](c2ccccc2)[C@H](c2ccccc2)N(C(=O)OCc2ccccc2)C1Cc1ccc(I)cc1. The monoisotopic (exact) mass is 603 g/mol. The zero-order chi connectivity index (χ0) is 25.6. The number of morpholine rings is 1. The number of ether oxygens (including phenoxy) is 2. The third-order valence-electron chi connectivity index (χ3n) is 6.46. The lowest BCUT2D eigenvalue weighted by atomic mass is 9.90. The number of carbonyl (C=O) groups is 2. The first kappa shape index (κ1) is 25.0. The predicted octanol–water partition coefficient (Wildman–Crippen LogP) is 6.88. The van der Waals surface area contributed by atoms with Crippen LogP contribution in [0.5, 0.6) is 0 Å². The summed E-state index contributed by atoms with van der Waals surface area (Å²) in [5, 5.41) is 0. The van der Waals surface area contributed by atoms with E-state index >= 15 is 0 Å². The molecule has 37 heavy (non-hydrogen) atoms. The second kappa shape index (κ2) is 11.6. The number of halogens is 1. The molecule has 1 heterocycles. The quantitative estimate of drug-likeness (QED) is 0.178. The maximum absolute atomic E-state index is 13.8. The molecular weight excluding hydrogens is 577 g/mol. The summed E-state index contributed by atoms with van der Waals surface area (Å²) in [7, 11) is 0. The van der Waals surface area contributed by atoms with E-state index < -0.39 is 30.3 Å². The van der Waals surface area contributed by atoms with Crippen molar-refractivity contribution in [1.82, 2.24) is 4.90 Å². The molecule has 0 aliphatic carbocycles. The van der Waals surface area contributed by atoms with Crippen LogP contribution < -0.4 is 0 Å². The van der Waals surface area contributed by atoms with Gasteiger partial charge in [0, 0.05) is 9.99 Å². The molecule has 1 saturated heterocycles. The van der Waals surface area contributed by atoms with Gasteiger partial charge in [0.2, 0.25) is 0 Å². The molecule has 6 heteroatoms. The van der Waals surface area contributed by atoms with Gasteiger partial charge in [0.05, 0.1) is 0 Å². The van der Waals surface area contributed by atoms with Gasteiger partial charge >= 0.3 is 12.1 Å². The van der Waals surface area contributed by atoms with Gasteiger partial charge in [-0.25, -0.2) is 9.59 Å². The van der Waals surface area contributed by atoms with Crippen LogP contribution in [-0.2, 0) is 27.3 Å². The maximum Gasteiger partial charge on any atom is 0.411 e. The van der Waals surface area contributed by atoms with Crippen LogP contribution in [0.1, 0.15) is 34.4 Å². The van der Waals surface area contributed by atoms with Crippen molar-refractivity contribution in [3.8, 4) is 0 Å². The van der Waals surface area contributed by atoms with Crippen molar-refractivity contribution in [3.05, 3.63) is 141 Å². The standard InChI is InChI=1S/C31H26INO4/c32-26-18-16-22(17-19-26)20-27-30(34)37-29(25-14-8-3-9-15-25)28(24-12-6-2-7-13-24)33(27)31(35)36-21-23-10-4-1-5-11-23/h1-19,27-29H,20-21H2/t27?,28-,29+/m0/s1. The van der Waals surface area contributed by atoms with E-state index in [2.05, 4.69) is 22.6 Å². The summed E-state index contributed by atoms with van der Waals surface area (Å²) >= 11 is 2.25. The third kappa shape index (κ3) is 5.85. The Morgan fingerprint density at radius 2 is 1.32 bits per heavy atom. The maximum atomic E-state index is 13.8. The van der Waals surface area contributed by atoms with E-state index in [1.54, 1.807) is 4.90 Å². The zero-order valence-corrected chi connectivity index (χ0v) is 22.2. The summed E-state index contributed by atoms with van der Waals surface area (Å²) in [6.07, 6.45) is -0.903. The Morgan fingerprint density at radius 1 is 0.757 bits per heavy atom. The summed E-state index contributed by atoms with van der Waals surface area (Å²) in [5.41, 5.74) is 3.50. The van der Waals surface area contributed by atoms with Gasteiger partial charge in [0.1, 0.15) is 18.7 Å². The molecule has 0 bridgehead atoms. The molecule has 3 atom stereocenters. The van der Waals surface area contributed by atoms with E-state index in [4.69, 9.17) is 9.47 Å². The first-order valence-corrected chi connectivity index (χ1v) is 13.2.